The van der Waals surface area contributed by atoms with Gasteiger partial charge in [0, 0.05) is 12.5 Å². The number of nitrogens with zero attached hydrogens (tertiary/aromatic N) is 2. The lowest BCUT2D eigenvalue weighted by molar-refractivity contribution is -0.137. The summed E-state index contributed by atoms with van der Waals surface area (Å²) in [4.78, 5) is 29.5. The summed E-state index contributed by atoms with van der Waals surface area (Å²) in [5, 5.41) is 11.3. The molecule has 1 atom stereocenters. The fourth-order valence-electron chi connectivity index (χ4n) is 1.14. The third-order valence-corrected chi connectivity index (χ3v) is 2.22. The second-order valence-electron chi connectivity index (χ2n) is 3.53. The molecule has 1 amide bonds. The SMILES string of the molecule is CC(CCC(=O)O)NC(=O)c1cnc(Cl)cn1. The van der Waals surface area contributed by atoms with E-state index in [1.165, 1.54) is 12.4 Å². The summed E-state index contributed by atoms with van der Waals surface area (Å²) < 4.78 is 0. The summed E-state index contributed by atoms with van der Waals surface area (Å²) in [6, 6.07) is -0.240. The summed E-state index contributed by atoms with van der Waals surface area (Å²) in [7, 11) is 0. The van der Waals surface area contributed by atoms with E-state index in [0.717, 1.165) is 0 Å². The van der Waals surface area contributed by atoms with Crippen LogP contribution in [0.4, 0.5) is 0 Å². The normalized spacial score (nSPS) is 11.9. The number of amides is 1. The fraction of sp³-hybridized carbons (Fsp3) is 0.400. The molecule has 0 saturated heterocycles. The molecule has 0 fully saturated rings. The first-order chi connectivity index (χ1) is 7.99. The van der Waals surface area contributed by atoms with Crippen molar-refractivity contribution < 1.29 is 14.7 Å². The van der Waals surface area contributed by atoms with Gasteiger partial charge in [-0.2, -0.15) is 0 Å². The van der Waals surface area contributed by atoms with Gasteiger partial charge >= 0.3 is 5.97 Å². The topological polar surface area (TPSA) is 92.2 Å². The predicted octanol–water partition coefficient (Wildman–Crippen LogP) is 1.11. The van der Waals surface area contributed by atoms with Crippen LogP contribution in [0.15, 0.2) is 12.4 Å². The van der Waals surface area contributed by atoms with Crippen molar-refractivity contribution in [1.82, 2.24) is 15.3 Å². The number of hydrogen-bond donors (Lipinski definition) is 2. The molecule has 7 heteroatoms. The van der Waals surface area contributed by atoms with Gasteiger partial charge in [0.2, 0.25) is 0 Å². The van der Waals surface area contributed by atoms with E-state index >= 15 is 0 Å². The molecule has 0 aromatic carbocycles. The molecule has 1 heterocycles. The molecule has 1 rings (SSSR count). The van der Waals surface area contributed by atoms with Crippen LogP contribution in [0.5, 0.6) is 0 Å². The van der Waals surface area contributed by atoms with Crippen molar-refractivity contribution >= 4 is 23.5 Å². The van der Waals surface area contributed by atoms with E-state index in [-0.39, 0.29) is 23.3 Å². The fourth-order valence-corrected chi connectivity index (χ4v) is 1.24. The van der Waals surface area contributed by atoms with Crippen LogP contribution in [0.1, 0.15) is 30.3 Å². The van der Waals surface area contributed by atoms with Crippen molar-refractivity contribution in [3.05, 3.63) is 23.2 Å². The minimum Gasteiger partial charge on any atom is -0.481 e. The molecular formula is C10H12ClN3O3. The highest BCUT2D eigenvalue weighted by Crippen LogP contribution is 2.02. The van der Waals surface area contributed by atoms with Crippen molar-refractivity contribution in [3.8, 4) is 0 Å². The lowest BCUT2D eigenvalue weighted by atomic mass is 10.2. The molecule has 17 heavy (non-hydrogen) atoms. The average Bonchev–Trinajstić information content (AvgIpc) is 2.27. The predicted molar refractivity (Wildman–Crippen MR) is 60.8 cm³/mol. The van der Waals surface area contributed by atoms with Crippen molar-refractivity contribution in [3.63, 3.8) is 0 Å². The first kappa shape index (κ1) is 13.4. The van der Waals surface area contributed by atoms with Crippen molar-refractivity contribution in [1.29, 1.82) is 0 Å². The van der Waals surface area contributed by atoms with Crippen LogP contribution in [0.2, 0.25) is 5.15 Å². The molecule has 0 radical (unpaired) electrons. The van der Waals surface area contributed by atoms with Crippen molar-refractivity contribution in [2.75, 3.05) is 0 Å². The molecular weight excluding hydrogens is 246 g/mol. The molecule has 1 unspecified atom stereocenters. The number of aromatic nitrogens is 2. The van der Waals surface area contributed by atoms with E-state index < -0.39 is 11.9 Å². The summed E-state index contributed by atoms with van der Waals surface area (Å²) in [6.07, 6.45) is 2.91. The first-order valence-electron chi connectivity index (χ1n) is 4.99. The van der Waals surface area contributed by atoms with Gasteiger partial charge in [-0.3, -0.25) is 9.59 Å². The smallest absolute Gasteiger partial charge is 0.303 e. The van der Waals surface area contributed by atoms with E-state index in [9.17, 15) is 9.59 Å². The van der Waals surface area contributed by atoms with Crippen molar-refractivity contribution in [2.24, 2.45) is 0 Å². The lowest BCUT2D eigenvalue weighted by Crippen LogP contribution is -2.33. The molecule has 0 bridgehead atoms. The number of hydrogen-bond acceptors (Lipinski definition) is 4. The molecule has 0 saturated carbocycles. The highest BCUT2D eigenvalue weighted by atomic mass is 35.5. The Morgan fingerprint density at radius 1 is 1.47 bits per heavy atom. The Bertz CT molecular complexity index is 408. The third kappa shape index (κ3) is 4.78. The molecule has 0 aliphatic carbocycles. The second kappa shape index (κ2) is 6.15. The van der Waals surface area contributed by atoms with E-state index in [1.54, 1.807) is 6.92 Å². The molecule has 6 nitrogen and oxygen atoms in total. The zero-order valence-corrected chi connectivity index (χ0v) is 9.94. The average molecular weight is 258 g/mol. The molecule has 92 valence electrons. The molecule has 0 spiro atoms. The van der Waals surface area contributed by atoms with Gasteiger partial charge in [-0.25, -0.2) is 9.97 Å². The minimum absolute atomic E-state index is 0.00768. The van der Waals surface area contributed by atoms with Crippen LogP contribution in [0.3, 0.4) is 0 Å². The van der Waals surface area contributed by atoms with E-state index in [0.29, 0.717) is 6.42 Å². The maximum atomic E-state index is 11.6. The zero-order valence-electron chi connectivity index (χ0n) is 9.18. The van der Waals surface area contributed by atoms with Crippen LogP contribution >= 0.6 is 11.6 Å². The van der Waals surface area contributed by atoms with Gasteiger partial charge in [0.05, 0.1) is 12.4 Å². The summed E-state index contributed by atoms with van der Waals surface area (Å²) in [5.41, 5.74) is 0.150. The number of carboxylic acids is 1. The van der Waals surface area contributed by atoms with E-state index in [2.05, 4.69) is 15.3 Å². The number of nitrogens with one attached hydrogen (secondary N) is 1. The van der Waals surface area contributed by atoms with Gasteiger partial charge in [0.25, 0.3) is 5.91 Å². The van der Waals surface area contributed by atoms with Crippen LogP contribution in [-0.4, -0.2) is 33.0 Å². The molecule has 0 aliphatic heterocycles. The second-order valence-corrected chi connectivity index (χ2v) is 3.92. The summed E-state index contributed by atoms with van der Waals surface area (Å²) in [5.74, 6) is -1.29. The Hall–Kier alpha value is -1.69. The highest BCUT2D eigenvalue weighted by Gasteiger charge is 2.12. The monoisotopic (exact) mass is 257 g/mol. The van der Waals surface area contributed by atoms with Gasteiger partial charge in [0.15, 0.2) is 0 Å². The van der Waals surface area contributed by atoms with Gasteiger partial charge in [-0.15, -0.1) is 0 Å². The maximum Gasteiger partial charge on any atom is 0.303 e. The number of carbonyl (C=O) groups excluding carboxylic acids is 1. The first-order valence-corrected chi connectivity index (χ1v) is 5.37. The Kier molecular flexibility index (Phi) is 4.84. The van der Waals surface area contributed by atoms with Gasteiger partial charge in [0.1, 0.15) is 10.8 Å². The number of rotatable bonds is 5. The van der Waals surface area contributed by atoms with Gasteiger partial charge in [-0.05, 0) is 13.3 Å². The maximum absolute atomic E-state index is 11.6. The number of carboxylic acid groups (broad SMARTS) is 1. The largest absolute Gasteiger partial charge is 0.481 e. The van der Waals surface area contributed by atoms with Crippen LogP contribution < -0.4 is 5.32 Å². The Labute approximate surface area is 103 Å². The third-order valence-electron chi connectivity index (χ3n) is 2.02. The standard InChI is InChI=1S/C10H12ClN3O3/c1-6(2-3-9(15)16)14-10(17)7-4-13-8(11)5-12-7/h4-6H,2-3H2,1H3,(H,14,17)(H,15,16). The molecule has 1 aromatic heterocycles. The lowest BCUT2D eigenvalue weighted by Gasteiger charge is -2.11. The molecule has 1 aromatic rings. The minimum atomic E-state index is -0.891. The molecule has 0 aliphatic rings. The highest BCUT2D eigenvalue weighted by molar-refractivity contribution is 6.29. The Morgan fingerprint density at radius 3 is 2.71 bits per heavy atom. The number of halogens is 1. The Balaban J connectivity index is 2.48. The van der Waals surface area contributed by atoms with Crippen LogP contribution in [0, 0.1) is 0 Å². The van der Waals surface area contributed by atoms with Crippen LogP contribution in [-0.2, 0) is 4.79 Å². The van der Waals surface area contributed by atoms with Gasteiger partial charge < -0.3 is 10.4 Å². The quantitative estimate of drug-likeness (QED) is 0.824. The van der Waals surface area contributed by atoms with E-state index in [4.69, 9.17) is 16.7 Å². The summed E-state index contributed by atoms with van der Waals surface area (Å²) in [6.45, 7) is 1.73. The van der Waals surface area contributed by atoms with Crippen LogP contribution in [0.25, 0.3) is 0 Å². The zero-order chi connectivity index (χ0) is 12.8. The number of carbonyl (C=O) groups is 2. The van der Waals surface area contributed by atoms with E-state index in [1.807, 2.05) is 0 Å². The molecule has 2 N–H and O–H groups in total. The van der Waals surface area contributed by atoms with Crippen molar-refractivity contribution in [2.45, 2.75) is 25.8 Å². The number of aliphatic carboxylic acids is 1. The van der Waals surface area contributed by atoms with Gasteiger partial charge in [-0.1, -0.05) is 11.6 Å². The summed E-state index contributed by atoms with van der Waals surface area (Å²) >= 11 is 5.54. The Morgan fingerprint density at radius 2 is 2.18 bits per heavy atom.